The molecule has 3 rings (SSSR count). The number of benzene rings is 1. The van der Waals surface area contributed by atoms with E-state index in [-0.39, 0.29) is 0 Å². The maximum Gasteiger partial charge on any atom is 0.223 e. The second-order valence-electron chi connectivity index (χ2n) is 4.80. The number of anilines is 1. The molecule has 0 amide bonds. The highest BCUT2D eigenvalue weighted by Gasteiger charge is 2.26. The van der Waals surface area contributed by atoms with Crippen LogP contribution in [0, 0.1) is 6.92 Å². The van der Waals surface area contributed by atoms with Crippen LogP contribution in [-0.2, 0) is 0 Å². The van der Waals surface area contributed by atoms with Crippen molar-refractivity contribution in [3.8, 4) is 11.3 Å². The summed E-state index contributed by atoms with van der Waals surface area (Å²) in [6.45, 7) is 2.04. The first-order valence-corrected chi connectivity index (χ1v) is 6.42. The second kappa shape index (κ2) is 4.25. The summed E-state index contributed by atoms with van der Waals surface area (Å²) in [5.74, 6) is 0.561. The Morgan fingerprint density at radius 3 is 2.72 bits per heavy atom. The van der Waals surface area contributed by atoms with E-state index in [1.807, 2.05) is 31.2 Å². The first-order valence-electron chi connectivity index (χ1n) is 6.04. The minimum absolute atomic E-state index is 0.316. The van der Waals surface area contributed by atoms with Crippen LogP contribution in [0.5, 0.6) is 0 Å². The number of rotatable bonds is 2. The van der Waals surface area contributed by atoms with Gasteiger partial charge in [-0.05, 0) is 55.1 Å². The average Bonchev–Trinajstić information content (AvgIpc) is 3.15. The Balaban J connectivity index is 2.12. The van der Waals surface area contributed by atoms with E-state index in [4.69, 9.17) is 17.3 Å². The third kappa shape index (κ3) is 2.18. The Hall–Kier alpha value is -1.61. The number of aromatic nitrogens is 2. The molecule has 0 aliphatic heterocycles. The van der Waals surface area contributed by atoms with Crippen LogP contribution in [0.1, 0.15) is 30.0 Å². The monoisotopic (exact) mass is 259 g/mol. The molecule has 18 heavy (non-hydrogen) atoms. The lowest BCUT2D eigenvalue weighted by Crippen LogP contribution is -1.96. The molecule has 92 valence electrons. The fourth-order valence-corrected chi connectivity index (χ4v) is 2.27. The van der Waals surface area contributed by atoms with Gasteiger partial charge in [-0.25, -0.2) is 9.97 Å². The summed E-state index contributed by atoms with van der Waals surface area (Å²) in [6, 6.07) is 7.86. The molecule has 0 unspecified atom stereocenters. The lowest BCUT2D eigenvalue weighted by molar-refractivity contribution is 0.990. The van der Waals surface area contributed by atoms with Crippen molar-refractivity contribution in [2.75, 3.05) is 5.73 Å². The Kier molecular flexibility index (Phi) is 2.71. The van der Waals surface area contributed by atoms with Crippen molar-refractivity contribution in [1.82, 2.24) is 9.97 Å². The molecule has 2 aromatic rings. The molecule has 0 spiro atoms. The van der Waals surface area contributed by atoms with Crippen molar-refractivity contribution in [2.45, 2.75) is 25.7 Å². The van der Waals surface area contributed by atoms with Crippen LogP contribution in [0.3, 0.4) is 0 Å². The molecule has 1 aliphatic rings. The van der Waals surface area contributed by atoms with Gasteiger partial charge in [0.05, 0.1) is 5.69 Å². The summed E-state index contributed by atoms with van der Waals surface area (Å²) in [5.41, 5.74) is 10.7. The highest BCUT2D eigenvalue weighted by molar-refractivity contribution is 6.28. The van der Waals surface area contributed by atoms with Gasteiger partial charge in [0, 0.05) is 22.9 Å². The van der Waals surface area contributed by atoms with Gasteiger partial charge >= 0.3 is 0 Å². The summed E-state index contributed by atoms with van der Waals surface area (Å²) in [5, 5.41) is 0.316. The number of hydrogen-bond donors (Lipinski definition) is 1. The number of halogens is 1. The number of nitrogen functional groups attached to an aromatic ring is 1. The molecule has 1 saturated carbocycles. The van der Waals surface area contributed by atoms with Gasteiger partial charge in [0.2, 0.25) is 5.28 Å². The van der Waals surface area contributed by atoms with E-state index in [0.717, 1.165) is 28.2 Å². The zero-order chi connectivity index (χ0) is 12.7. The van der Waals surface area contributed by atoms with Gasteiger partial charge in [-0.3, -0.25) is 0 Å². The fraction of sp³-hybridized carbons (Fsp3) is 0.286. The smallest absolute Gasteiger partial charge is 0.223 e. The van der Waals surface area contributed by atoms with E-state index in [1.54, 1.807) is 0 Å². The van der Waals surface area contributed by atoms with Crippen molar-refractivity contribution in [2.24, 2.45) is 0 Å². The largest absolute Gasteiger partial charge is 0.399 e. The van der Waals surface area contributed by atoms with Crippen molar-refractivity contribution in [3.05, 3.63) is 40.8 Å². The van der Waals surface area contributed by atoms with Gasteiger partial charge in [0.15, 0.2) is 0 Å². The molecule has 4 heteroatoms. The van der Waals surface area contributed by atoms with Crippen LogP contribution in [0.15, 0.2) is 24.3 Å². The summed E-state index contributed by atoms with van der Waals surface area (Å²) in [4.78, 5) is 8.61. The summed E-state index contributed by atoms with van der Waals surface area (Å²) in [6.07, 6.45) is 2.39. The van der Waals surface area contributed by atoms with Gasteiger partial charge in [0.25, 0.3) is 0 Å². The molecule has 1 aromatic carbocycles. The predicted molar refractivity (Wildman–Crippen MR) is 73.6 cm³/mol. The Morgan fingerprint density at radius 2 is 2.00 bits per heavy atom. The minimum Gasteiger partial charge on any atom is -0.399 e. The van der Waals surface area contributed by atoms with E-state index in [1.165, 1.54) is 12.8 Å². The Morgan fingerprint density at radius 1 is 1.22 bits per heavy atom. The molecule has 1 aromatic heterocycles. The molecule has 1 heterocycles. The standard InChI is InChI=1S/C14H14ClN3/c1-8-2-5-10(16)6-11(8)13-7-12(9-3-4-9)17-14(15)18-13/h2,5-7,9H,3-4,16H2,1H3. The van der Waals surface area contributed by atoms with Crippen molar-refractivity contribution < 1.29 is 0 Å². The molecule has 3 nitrogen and oxygen atoms in total. The molecular weight excluding hydrogens is 246 g/mol. The molecule has 1 aliphatic carbocycles. The van der Waals surface area contributed by atoms with E-state index in [2.05, 4.69) is 9.97 Å². The molecular formula is C14H14ClN3. The molecule has 2 N–H and O–H groups in total. The molecule has 0 radical (unpaired) electrons. The summed E-state index contributed by atoms with van der Waals surface area (Å²) in [7, 11) is 0. The maximum absolute atomic E-state index is 6.01. The lowest BCUT2D eigenvalue weighted by atomic mass is 10.0. The number of hydrogen-bond acceptors (Lipinski definition) is 3. The van der Waals surface area contributed by atoms with Gasteiger partial charge in [-0.2, -0.15) is 0 Å². The summed E-state index contributed by atoms with van der Waals surface area (Å²) >= 11 is 6.01. The first-order chi connectivity index (χ1) is 8.63. The Labute approximate surface area is 111 Å². The van der Waals surface area contributed by atoms with Gasteiger partial charge in [-0.1, -0.05) is 6.07 Å². The van der Waals surface area contributed by atoms with Crippen LogP contribution in [-0.4, -0.2) is 9.97 Å². The van der Waals surface area contributed by atoms with Gasteiger partial charge in [-0.15, -0.1) is 0 Å². The quantitative estimate of drug-likeness (QED) is 0.663. The van der Waals surface area contributed by atoms with Crippen molar-refractivity contribution >= 4 is 17.3 Å². The number of nitrogens with two attached hydrogens (primary N) is 1. The van der Waals surface area contributed by atoms with Crippen molar-refractivity contribution in [1.29, 1.82) is 0 Å². The highest BCUT2D eigenvalue weighted by atomic mass is 35.5. The second-order valence-corrected chi connectivity index (χ2v) is 5.13. The minimum atomic E-state index is 0.316. The van der Waals surface area contributed by atoms with Crippen LogP contribution in [0.4, 0.5) is 5.69 Å². The summed E-state index contributed by atoms with van der Waals surface area (Å²) < 4.78 is 0. The van der Waals surface area contributed by atoms with Crippen LogP contribution < -0.4 is 5.73 Å². The topological polar surface area (TPSA) is 51.8 Å². The van der Waals surface area contributed by atoms with Crippen LogP contribution in [0.25, 0.3) is 11.3 Å². The SMILES string of the molecule is Cc1ccc(N)cc1-c1cc(C2CC2)nc(Cl)n1. The zero-order valence-corrected chi connectivity index (χ0v) is 10.9. The predicted octanol–water partition coefficient (Wildman–Crippen LogP) is 3.57. The number of nitrogens with zero attached hydrogens (tertiary/aromatic N) is 2. The van der Waals surface area contributed by atoms with E-state index in [0.29, 0.717) is 11.2 Å². The van der Waals surface area contributed by atoms with E-state index in [9.17, 15) is 0 Å². The number of aryl methyl sites for hydroxylation is 1. The zero-order valence-electron chi connectivity index (χ0n) is 10.2. The molecule has 1 fully saturated rings. The molecule has 0 atom stereocenters. The first kappa shape index (κ1) is 11.5. The van der Waals surface area contributed by atoms with E-state index >= 15 is 0 Å². The fourth-order valence-electron chi connectivity index (χ4n) is 2.08. The van der Waals surface area contributed by atoms with Crippen molar-refractivity contribution in [3.63, 3.8) is 0 Å². The average molecular weight is 260 g/mol. The van der Waals surface area contributed by atoms with E-state index < -0.39 is 0 Å². The molecule has 0 saturated heterocycles. The lowest BCUT2D eigenvalue weighted by Gasteiger charge is -2.08. The maximum atomic E-state index is 6.01. The normalized spacial score (nSPS) is 14.8. The van der Waals surface area contributed by atoms with Crippen LogP contribution >= 0.6 is 11.6 Å². The molecule has 0 bridgehead atoms. The van der Waals surface area contributed by atoms with Gasteiger partial charge < -0.3 is 5.73 Å². The van der Waals surface area contributed by atoms with Crippen LogP contribution in [0.2, 0.25) is 5.28 Å². The Bertz CT molecular complexity index is 606. The van der Waals surface area contributed by atoms with Gasteiger partial charge in [0.1, 0.15) is 0 Å². The third-order valence-electron chi connectivity index (χ3n) is 3.25. The highest BCUT2D eigenvalue weighted by Crippen LogP contribution is 2.40. The third-order valence-corrected chi connectivity index (χ3v) is 3.42.